The van der Waals surface area contributed by atoms with Crippen LogP contribution < -0.4 is 0 Å². The maximum absolute atomic E-state index is 5.54. The van der Waals surface area contributed by atoms with Crippen molar-refractivity contribution in [2.45, 2.75) is 6.54 Å². The lowest BCUT2D eigenvalue weighted by Gasteiger charge is -2.10. The molecule has 22 heavy (non-hydrogen) atoms. The number of nitrogens with zero attached hydrogens (tertiary/aromatic N) is 4. The van der Waals surface area contributed by atoms with Crippen LogP contribution in [0.15, 0.2) is 65.4 Å². The predicted octanol–water partition coefficient (Wildman–Crippen LogP) is 3.36. The predicted molar refractivity (Wildman–Crippen MR) is 81.6 cm³/mol. The lowest BCUT2D eigenvalue weighted by Crippen LogP contribution is -2.01. The molecule has 0 bridgehead atoms. The first-order valence-corrected chi connectivity index (χ1v) is 7.15. The van der Waals surface area contributed by atoms with Gasteiger partial charge in [0.05, 0.1) is 17.6 Å². The van der Waals surface area contributed by atoms with Gasteiger partial charge in [-0.05, 0) is 35.9 Å². The lowest BCUT2D eigenvalue weighted by molar-refractivity contribution is 0.575. The van der Waals surface area contributed by atoms with Gasteiger partial charge in [-0.25, -0.2) is 0 Å². The second-order valence-electron chi connectivity index (χ2n) is 5.31. The maximum Gasteiger partial charge on any atom is 0.204 e. The molecule has 0 saturated carbocycles. The van der Waals surface area contributed by atoms with Gasteiger partial charge in [0.25, 0.3) is 0 Å². The van der Waals surface area contributed by atoms with E-state index in [1.54, 1.807) is 6.26 Å². The second-order valence-corrected chi connectivity index (χ2v) is 5.31. The zero-order valence-electron chi connectivity index (χ0n) is 11.7. The van der Waals surface area contributed by atoms with E-state index in [1.165, 1.54) is 5.56 Å². The van der Waals surface area contributed by atoms with E-state index in [4.69, 9.17) is 4.42 Å². The molecule has 1 aromatic carbocycles. The van der Waals surface area contributed by atoms with Crippen LogP contribution in [0.1, 0.15) is 5.56 Å². The molecule has 4 heterocycles. The summed E-state index contributed by atoms with van der Waals surface area (Å²) in [6.07, 6.45) is 3.73. The topological polar surface area (TPSA) is 48.8 Å². The first kappa shape index (κ1) is 11.6. The molecule has 0 N–H and O–H groups in total. The molecule has 0 aliphatic carbocycles. The summed E-state index contributed by atoms with van der Waals surface area (Å²) >= 11 is 0. The molecule has 0 spiro atoms. The standard InChI is InChI=1S/C17H12N4O/c1-2-6-13-12(5-1)11-20-9-3-7-14(20)16-18-19-17(21(13)16)15-8-4-10-22-15/h1-10H,11H2. The molecule has 0 unspecified atom stereocenters. The number of furan rings is 1. The molecule has 0 amide bonds. The summed E-state index contributed by atoms with van der Waals surface area (Å²) in [4.78, 5) is 0. The van der Waals surface area contributed by atoms with E-state index in [-0.39, 0.29) is 0 Å². The molecule has 0 radical (unpaired) electrons. The molecule has 5 heteroatoms. The van der Waals surface area contributed by atoms with Crippen molar-refractivity contribution in [2.75, 3.05) is 0 Å². The first-order valence-electron chi connectivity index (χ1n) is 7.15. The Hall–Kier alpha value is -3.08. The van der Waals surface area contributed by atoms with Gasteiger partial charge in [0, 0.05) is 12.7 Å². The average molecular weight is 288 g/mol. The fraction of sp³-hybridized carbons (Fsp3) is 0.0588. The largest absolute Gasteiger partial charge is 0.461 e. The average Bonchev–Trinajstić information content (AvgIpc) is 3.26. The van der Waals surface area contributed by atoms with Gasteiger partial charge in [0.15, 0.2) is 11.6 Å². The minimum absolute atomic E-state index is 0.716. The third-order valence-electron chi connectivity index (χ3n) is 4.04. The quantitative estimate of drug-likeness (QED) is 0.475. The van der Waals surface area contributed by atoms with Crippen LogP contribution in [0, 0.1) is 0 Å². The zero-order chi connectivity index (χ0) is 14.5. The Morgan fingerprint density at radius 2 is 1.82 bits per heavy atom. The van der Waals surface area contributed by atoms with Crippen molar-refractivity contribution in [1.29, 1.82) is 0 Å². The summed E-state index contributed by atoms with van der Waals surface area (Å²) in [7, 11) is 0. The molecule has 4 aromatic rings. The minimum atomic E-state index is 0.716. The van der Waals surface area contributed by atoms with E-state index in [2.05, 4.69) is 49.8 Å². The van der Waals surface area contributed by atoms with E-state index < -0.39 is 0 Å². The van der Waals surface area contributed by atoms with Gasteiger partial charge in [-0.3, -0.25) is 4.57 Å². The highest BCUT2D eigenvalue weighted by molar-refractivity contribution is 5.65. The van der Waals surface area contributed by atoms with Crippen molar-refractivity contribution < 1.29 is 4.42 Å². The van der Waals surface area contributed by atoms with Crippen molar-refractivity contribution in [1.82, 2.24) is 19.3 Å². The molecule has 0 saturated heterocycles. The number of para-hydroxylation sites is 1. The Morgan fingerprint density at radius 3 is 2.73 bits per heavy atom. The Bertz CT molecular complexity index is 962. The monoisotopic (exact) mass is 288 g/mol. The zero-order valence-corrected chi connectivity index (χ0v) is 11.7. The van der Waals surface area contributed by atoms with Gasteiger partial charge in [-0.1, -0.05) is 18.2 Å². The molecule has 5 rings (SSSR count). The summed E-state index contributed by atoms with van der Waals surface area (Å²) in [6.45, 7) is 0.819. The molecule has 0 fully saturated rings. The van der Waals surface area contributed by atoms with Crippen molar-refractivity contribution in [3.8, 4) is 28.8 Å². The molecule has 1 aliphatic heterocycles. The first-order chi connectivity index (χ1) is 10.9. The van der Waals surface area contributed by atoms with Crippen LogP contribution in [0.5, 0.6) is 0 Å². The van der Waals surface area contributed by atoms with Gasteiger partial charge >= 0.3 is 0 Å². The van der Waals surface area contributed by atoms with E-state index in [0.717, 1.165) is 29.6 Å². The molecular formula is C17H12N4O. The minimum Gasteiger partial charge on any atom is -0.461 e. The normalized spacial score (nSPS) is 12.4. The highest BCUT2D eigenvalue weighted by Crippen LogP contribution is 2.33. The van der Waals surface area contributed by atoms with Crippen molar-refractivity contribution in [2.24, 2.45) is 0 Å². The van der Waals surface area contributed by atoms with Gasteiger partial charge in [0.1, 0.15) is 0 Å². The Morgan fingerprint density at radius 1 is 0.909 bits per heavy atom. The third-order valence-corrected chi connectivity index (χ3v) is 4.04. The highest BCUT2D eigenvalue weighted by atomic mass is 16.3. The van der Waals surface area contributed by atoms with E-state index >= 15 is 0 Å². The summed E-state index contributed by atoms with van der Waals surface area (Å²) in [6, 6.07) is 16.2. The van der Waals surface area contributed by atoms with Crippen LogP contribution in [-0.4, -0.2) is 19.3 Å². The van der Waals surface area contributed by atoms with Crippen LogP contribution >= 0.6 is 0 Å². The highest BCUT2D eigenvalue weighted by Gasteiger charge is 2.24. The van der Waals surface area contributed by atoms with E-state index in [1.807, 2.05) is 24.3 Å². The molecule has 5 nitrogen and oxygen atoms in total. The summed E-state index contributed by atoms with van der Waals surface area (Å²) in [5.41, 5.74) is 3.38. The smallest absolute Gasteiger partial charge is 0.204 e. The molecule has 106 valence electrons. The molecular weight excluding hydrogens is 276 g/mol. The molecule has 0 atom stereocenters. The third kappa shape index (κ3) is 1.47. The molecule has 1 aliphatic rings. The SMILES string of the molecule is c1coc(-c2nnc3n2-c2ccccc2Cn2cccc2-3)c1. The summed E-state index contributed by atoms with van der Waals surface area (Å²) in [5, 5.41) is 8.78. The lowest BCUT2D eigenvalue weighted by atomic mass is 10.1. The number of benzene rings is 1. The fourth-order valence-electron chi connectivity index (χ4n) is 3.04. The van der Waals surface area contributed by atoms with Gasteiger partial charge in [0.2, 0.25) is 5.82 Å². The Kier molecular flexibility index (Phi) is 2.21. The van der Waals surface area contributed by atoms with Crippen LogP contribution in [0.2, 0.25) is 0 Å². The van der Waals surface area contributed by atoms with Gasteiger partial charge < -0.3 is 8.98 Å². The Balaban J connectivity index is 1.90. The number of rotatable bonds is 1. The molecule has 3 aromatic heterocycles. The van der Waals surface area contributed by atoms with Crippen molar-refractivity contribution in [3.05, 3.63) is 66.6 Å². The van der Waals surface area contributed by atoms with Crippen molar-refractivity contribution in [3.63, 3.8) is 0 Å². The summed E-state index contributed by atoms with van der Waals surface area (Å²) in [5.74, 6) is 2.28. The fourth-order valence-corrected chi connectivity index (χ4v) is 3.04. The Labute approximate surface area is 126 Å². The van der Waals surface area contributed by atoms with Crippen molar-refractivity contribution >= 4 is 0 Å². The van der Waals surface area contributed by atoms with Gasteiger partial charge in [-0.15, -0.1) is 10.2 Å². The van der Waals surface area contributed by atoms with E-state index in [9.17, 15) is 0 Å². The van der Waals surface area contributed by atoms with Crippen LogP contribution in [0.3, 0.4) is 0 Å². The number of hydrogen-bond acceptors (Lipinski definition) is 3. The van der Waals surface area contributed by atoms with Crippen LogP contribution in [-0.2, 0) is 6.54 Å². The number of fused-ring (bicyclic) bond motifs is 5. The number of hydrogen-bond donors (Lipinski definition) is 0. The van der Waals surface area contributed by atoms with Crippen LogP contribution in [0.4, 0.5) is 0 Å². The second kappa shape index (κ2) is 4.21. The van der Waals surface area contributed by atoms with Gasteiger partial charge in [-0.2, -0.15) is 0 Å². The number of aromatic nitrogens is 4. The van der Waals surface area contributed by atoms with Crippen LogP contribution in [0.25, 0.3) is 28.8 Å². The summed E-state index contributed by atoms with van der Waals surface area (Å²) < 4.78 is 9.81. The maximum atomic E-state index is 5.54. The van der Waals surface area contributed by atoms with E-state index in [0.29, 0.717) is 5.76 Å².